The molecule has 1 aliphatic heterocycles. The summed E-state index contributed by atoms with van der Waals surface area (Å²) in [6.07, 6.45) is 4.65. The van der Waals surface area contributed by atoms with E-state index >= 15 is 0 Å². The predicted molar refractivity (Wildman–Crippen MR) is 87.8 cm³/mol. The van der Waals surface area contributed by atoms with Gasteiger partial charge in [0.25, 0.3) is 0 Å². The van der Waals surface area contributed by atoms with Gasteiger partial charge >= 0.3 is 0 Å². The maximum Gasteiger partial charge on any atom is 0.222 e. The van der Waals surface area contributed by atoms with Crippen LogP contribution in [-0.2, 0) is 16.1 Å². The van der Waals surface area contributed by atoms with Gasteiger partial charge in [-0.3, -0.25) is 9.59 Å². The van der Waals surface area contributed by atoms with Crippen LogP contribution in [-0.4, -0.2) is 45.9 Å². The molecule has 23 heavy (non-hydrogen) atoms. The second kappa shape index (κ2) is 7.26. The normalized spacial score (nSPS) is 14.6. The zero-order valence-corrected chi connectivity index (χ0v) is 13.2. The molecule has 3 rings (SSSR count). The van der Waals surface area contributed by atoms with Gasteiger partial charge < -0.3 is 14.8 Å². The van der Waals surface area contributed by atoms with Crippen LogP contribution in [0.4, 0.5) is 0 Å². The first kappa shape index (κ1) is 15.5. The number of carbonyl (C=O) groups excluding carboxylic acids is 2. The number of fused-ring (bicyclic) bond motifs is 1. The Bertz CT molecular complexity index is 695. The molecule has 0 unspecified atom stereocenters. The molecule has 0 bridgehead atoms. The number of likely N-dealkylation sites (tertiary alicyclic amines) is 1. The second-order valence-electron chi connectivity index (χ2n) is 5.86. The minimum Gasteiger partial charge on any atom is -0.356 e. The highest BCUT2D eigenvalue weighted by molar-refractivity contribution is 5.78. The molecule has 1 fully saturated rings. The van der Waals surface area contributed by atoms with Gasteiger partial charge in [0.2, 0.25) is 11.8 Å². The molecular formula is C17H22N4O2. The van der Waals surface area contributed by atoms with Gasteiger partial charge in [0.15, 0.2) is 0 Å². The topological polar surface area (TPSA) is 67.2 Å². The number of rotatable bonds is 7. The maximum absolute atomic E-state index is 11.9. The molecule has 1 aromatic heterocycles. The Labute approximate surface area is 135 Å². The van der Waals surface area contributed by atoms with E-state index in [2.05, 4.69) is 10.3 Å². The van der Waals surface area contributed by atoms with E-state index in [0.717, 1.165) is 37.0 Å². The van der Waals surface area contributed by atoms with Crippen molar-refractivity contribution in [2.45, 2.75) is 32.2 Å². The lowest BCUT2D eigenvalue weighted by atomic mass is 10.3. The summed E-state index contributed by atoms with van der Waals surface area (Å²) in [5.74, 6) is 0.277. The molecule has 0 spiro atoms. The molecule has 1 saturated heterocycles. The highest BCUT2D eigenvalue weighted by Gasteiger charge is 2.18. The van der Waals surface area contributed by atoms with E-state index in [9.17, 15) is 9.59 Å². The zero-order chi connectivity index (χ0) is 16.1. The molecule has 2 heterocycles. The van der Waals surface area contributed by atoms with E-state index in [-0.39, 0.29) is 11.8 Å². The summed E-state index contributed by atoms with van der Waals surface area (Å²) in [4.78, 5) is 29.6. The monoisotopic (exact) mass is 314 g/mol. The third-order valence-corrected chi connectivity index (χ3v) is 4.21. The molecule has 6 heteroatoms. The van der Waals surface area contributed by atoms with Crippen molar-refractivity contribution in [3.05, 3.63) is 30.6 Å². The van der Waals surface area contributed by atoms with Gasteiger partial charge in [-0.1, -0.05) is 12.1 Å². The summed E-state index contributed by atoms with van der Waals surface area (Å²) in [6.45, 7) is 2.84. The molecule has 1 aliphatic rings. The number of amides is 2. The summed E-state index contributed by atoms with van der Waals surface area (Å²) in [5, 5.41) is 2.92. The number of carbonyl (C=O) groups is 2. The van der Waals surface area contributed by atoms with Crippen molar-refractivity contribution in [3.63, 3.8) is 0 Å². The summed E-state index contributed by atoms with van der Waals surface area (Å²) < 4.78 is 2.00. The van der Waals surface area contributed by atoms with Gasteiger partial charge in [0.1, 0.15) is 0 Å². The van der Waals surface area contributed by atoms with Crippen LogP contribution in [0.25, 0.3) is 11.0 Å². The van der Waals surface area contributed by atoms with Crippen LogP contribution in [0.3, 0.4) is 0 Å². The average molecular weight is 314 g/mol. The number of para-hydroxylation sites is 2. The first-order chi connectivity index (χ1) is 11.2. The van der Waals surface area contributed by atoms with E-state index in [1.54, 1.807) is 6.33 Å². The fourth-order valence-electron chi connectivity index (χ4n) is 2.94. The van der Waals surface area contributed by atoms with Gasteiger partial charge in [0, 0.05) is 39.0 Å². The Morgan fingerprint density at radius 1 is 1.26 bits per heavy atom. The summed E-state index contributed by atoms with van der Waals surface area (Å²) in [6, 6.07) is 7.90. The minimum absolute atomic E-state index is 0.0375. The first-order valence-corrected chi connectivity index (χ1v) is 8.18. The summed E-state index contributed by atoms with van der Waals surface area (Å²) >= 11 is 0. The minimum atomic E-state index is 0.0375. The van der Waals surface area contributed by atoms with Crippen molar-refractivity contribution >= 4 is 22.8 Å². The first-order valence-electron chi connectivity index (χ1n) is 8.18. The number of hydrogen-bond acceptors (Lipinski definition) is 3. The van der Waals surface area contributed by atoms with Crippen LogP contribution in [0, 0.1) is 0 Å². The van der Waals surface area contributed by atoms with Gasteiger partial charge in [-0.2, -0.15) is 0 Å². The predicted octanol–water partition coefficient (Wildman–Crippen LogP) is 1.56. The number of imidazole rings is 1. The summed E-state index contributed by atoms with van der Waals surface area (Å²) in [7, 11) is 0. The number of nitrogens with zero attached hydrogens (tertiary/aromatic N) is 3. The van der Waals surface area contributed by atoms with Crippen LogP contribution in [0.5, 0.6) is 0 Å². The number of hydrogen-bond donors (Lipinski definition) is 1. The van der Waals surface area contributed by atoms with Gasteiger partial charge in [-0.25, -0.2) is 4.98 Å². The largest absolute Gasteiger partial charge is 0.356 e. The Balaban J connectivity index is 1.37. The molecular weight excluding hydrogens is 292 g/mol. The van der Waals surface area contributed by atoms with Crippen molar-refractivity contribution in [1.29, 1.82) is 0 Å². The van der Waals surface area contributed by atoms with Crippen LogP contribution in [0.2, 0.25) is 0 Å². The fourth-order valence-corrected chi connectivity index (χ4v) is 2.94. The molecule has 1 N–H and O–H groups in total. The molecule has 0 aliphatic carbocycles. The molecule has 2 amide bonds. The number of nitrogens with one attached hydrogen (secondary N) is 1. The van der Waals surface area contributed by atoms with Gasteiger partial charge in [-0.05, 0) is 25.0 Å². The van der Waals surface area contributed by atoms with E-state index < -0.39 is 0 Å². The number of aromatic nitrogens is 2. The molecule has 1 aromatic carbocycles. The number of aryl methyl sites for hydroxylation is 1. The van der Waals surface area contributed by atoms with Gasteiger partial charge in [0.05, 0.1) is 17.4 Å². The molecule has 122 valence electrons. The average Bonchev–Trinajstić information content (AvgIpc) is 3.16. The van der Waals surface area contributed by atoms with E-state index in [1.807, 2.05) is 33.7 Å². The molecule has 2 aromatic rings. The third kappa shape index (κ3) is 3.88. The highest BCUT2D eigenvalue weighted by atomic mass is 16.2. The lowest BCUT2D eigenvalue weighted by Crippen LogP contribution is -2.30. The van der Waals surface area contributed by atoms with Crippen LogP contribution < -0.4 is 5.32 Å². The van der Waals surface area contributed by atoms with E-state index in [4.69, 9.17) is 0 Å². The fraction of sp³-hybridized carbons (Fsp3) is 0.471. The van der Waals surface area contributed by atoms with Crippen molar-refractivity contribution < 1.29 is 9.59 Å². The van der Waals surface area contributed by atoms with Crippen molar-refractivity contribution in [2.24, 2.45) is 0 Å². The quantitative estimate of drug-likeness (QED) is 0.789. The SMILES string of the molecule is O=C(CCn1cnc2ccccc21)NCCCN1CCCC1=O. The Morgan fingerprint density at radius 3 is 2.96 bits per heavy atom. The Kier molecular flexibility index (Phi) is 4.90. The van der Waals surface area contributed by atoms with Crippen molar-refractivity contribution in [3.8, 4) is 0 Å². The van der Waals surface area contributed by atoms with Crippen LogP contribution in [0.15, 0.2) is 30.6 Å². The summed E-state index contributed by atoms with van der Waals surface area (Å²) in [5.41, 5.74) is 2.00. The van der Waals surface area contributed by atoms with Gasteiger partial charge in [-0.15, -0.1) is 0 Å². The van der Waals surface area contributed by atoms with Crippen LogP contribution >= 0.6 is 0 Å². The molecule has 0 saturated carbocycles. The lowest BCUT2D eigenvalue weighted by molar-refractivity contribution is -0.127. The van der Waals surface area contributed by atoms with Crippen LogP contribution in [0.1, 0.15) is 25.7 Å². The zero-order valence-electron chi connectivity index (χ0n) is 13.2. The smallest absolute Gasteiger partial charge is 0.222 e. The molecule has 6 nitrogen and oxygen atoms in total. The standard InChI is InChI=1S/C17H22N4O2/c22-16(18-9-4-11-20-10-3-7-17(20)23)8-12-21-13-19-14-5-1-2-6-15(14)21/h1-2,5-6,13H,3-4,7-12H2,(H,18,22). The van der Waals surface area contributed by atoms with Crippen molar-refractivity contribution in [1.82, 2.24) is 19.8 Å². The Hall–Kier alpha value is -2.37. The lowest BCUT2D eigenvalue weighted by Gasteiger charge is -2.15. The molecule has 0 atom stereocenters. The Morgan fingerprint density at radius 2 is 2.13 bits per heavy atom. The van der Waals surface area contributed by atoms with Crippen molar-refractivity contribution in [2.75, 3.05) is 19.6 Å². The highest BCUT2D eigenvalue weighted by Crippen LogP contribution is 2.12. The second-order valence-corrected chi connectivity index (χ2v) is 5.86. The number of benzene rings is 1. The maximum atomic E-state index is 11.9. The third-order valence-electron chi connectivity index (χ3n) is 4.21. The van der Waals surface area contributed by atoms with E-state index in [0.29, 0.717) is 25.9 Å². The molecule has 0 radical (unpaired) electrons. The van der Waals surface area contributed by atoms with E-state index in [1.165, 1.54) is 0 Å².